The molecule has 3 atom stereocenters. The Balaban J connectivity index is 2.39. The first kappa shape index (κ1) is 13.0. The Kier molecular flexibility index (Phi) is 3.66. The largest absolute Gasteiger partial charge is 0.496 e. The van der Waals surface area contributed by atoms with Crippen LogP contribution in [0.4, 0.5) is 0 Å². The van der Waals surface area contributed by atoms with E-state index >= 15 is 0 Å². The molecule has 1 saturated carbocycles. The average molecular weight is 252 g/mol. The van der Waals surface area contributed by atoms with Crippen molar-refractivity contribution in [1.29, 1.82) is 0 Å². The third-order valence-corrected chi connectivity index (χ3v) is 3.58. The van der Waals surface area contributed by atoms with Crippen LogP contribution >= 0.6 is 0 Å². The monoisotopic (exact) mass is 252 g/mol. The zero-order valence-corrected chi connectivity index (χ0v) is 11.3. The van der Waals surface area contributed by atoms with E-state index in [4.69, 9.17) is 14.2 Å². The number of rotatable bonds is 5. The smallest absolute Gasteiger partial charge is 0.129 e. The Hall–Kier alpha value is -1.42. The quantitative estimate of drug-likeness (QED) is 0.872. The number of methoxy groups -OCH3 is 3. The molecule has 1 aliphatic rings. The summed E-state index contributed by atoms with van der Waals surface area (Å²) in [5.41, 5.74) is 1.03. The van der Waals surface area contributed by atoms with Crippen molar-refractivity contribution in [2.75, 3.05) is 21.3 Å². The van der Waals surface area contributed by atoms with E-state index in [1.807, 2.05) is 19.1 Å². The van der Waals surface area contributed by atoms with Crippen LogP contribution in [-0.2, 0) is 0 Å². The highest BCUT2D eigenvalue weighted by molar-refractivity contribution is 5.54. The zero-order chi connectivity index (χ0) is 13.3. The van der Waals surface area contributed by atoms with Gasteiger partial charge in [-0.05, 0) is 25.2 Å². The lowest BCUT2D eigenvalue weighted by atomic mass is 10.0. The van der Waals surface area contributed by atoms with Crippen LogP contribution in [0, 0.1) is 5.92 Å². The molecule has 1 aromatic rings. The molecule has 18 heavy (non-hydrogen) atoms. The molecule has 0 bridgehead atoms. The van der Waals surface area contributed by atoms with Crippen molar-refractivity contribution in [1.82, 2.24) is 0 Å². The van der Waals surface area contributed by atoms with E-state index in [1.54, 1.807) is 21.3 Å². The van der Waals surface area contributed by atoms with Crippen LogP contribution in [0.15, 0.2) is 12.1 Å². The van der Waals surface area contributed by atoms with E-state index in [2.05, 4.69) is 0 Å². The maximum Gasteiger partial charge on any atom is 0.129 e. The van der Waals surface area contributed by atoms with Crippen molar-refractivity contribution < 1.29 is 19.3 Å². The molecule has 1 fully saturated rings. The number of benzene rings is 1. The van der Waals surface area contributed by atoms with Gasteiger partial charge in [0.2, 0.25) is 0 Å². The van der Waals surface area contributed by atoms with E-state index in [0.29, 0.717) is 17.6 Å². The lowest BCUT2D eigenvalue weighted by Crippen LogP contribution is -2.05. The molecular formula is C14H20O4. The summed E-state index contributed by atoms with van der Waals surface area (Å²) < 4.78 is 16.1. The van der Waals surface area contributed by atoms with Crippen molar-refractivity contribution in [3.63, 3.8) is 0 Å². The summed E-state index contributed by atoms with van der Waals surface area (Å²) in [5, 5.41) is 9.65. The van der Waals surface area contributed by atoms with Crippen molar-refractivity contribution in [2.45, 2.75) is 25.4 Å². The Labute approximate surface area is 107 Å². The summed E-state index contributed by atoms with van der Waals surface area (Å²) in [7, 11) is 4.89. The number of aliphatic hydroxyl groups is 1. The van der Waals surface area contributed by atoms with Crippen LogP contribution in [0.2, 0.25) is 0 Å². The van der Waals surface area contributed by atoms with Gasteiger partial charge in [0.15, 0.2) is 0 Å². The normalized spacial score (nSPS) is 23.4. The highest BCUT2D eigenvalue weighted by atomic mass is 16.5. The highest BCUT2D eigenvalue weighted by Crippen LogP contribution is 2.55. The Morgan fingerprint density at radius 3 is 2.00 bits per heavy atom. The first-order chi connectivity index (χ1) is 8.62. The maximum atomic E-state index is 9.65. The third-order valence-electron chi connectivity index (χ3n) is 3.58. The molecule has 0 amide bonds. The molecule has 4 nitrogen and oxygen atoms in total. The molecule has 0 unspecified atom stereocenters. The van der Waals surface area contributed by atoms with E-state index < -0.39 is 0 Å². The minimum Gasteiger partial charge on any atom is -0.496 e. The number of hydrogen-bond donors (Lipinski definition) is 1. The second kappa shape index (κ2) is 5.06. The number of aliphatic hydroxyl groups excluding tert-OH is 1. The van der Waals surface area contributed by atoms with Gasteiger partial charge < -0.3 is 19.3 Å². The highest BCUT2D eigenvalue weighted by Gasteiger charge is 2.44. The fourth-order valence-electron chi connectivity index (χ4n) is 2.48. The van der Waals surface area contributed by atoms with Gasteiger partial charge in [0.25, 0.3) is 0 Å². The van der Waals surface area contributed by atoms with Gasteiger partial charge in [-0.1, -0.05) is 0 Å². The molecular weight excluding hydrogens is 232 g/mol. The summed E-state index contributed by atoms with van der Waals surface area (Å²) in [6.45, 7) is 1.83. The van der Waals surface area contributed by atoms with Gasteiger partial charge in [-0.2, -0.15) is 0 Å². The van der Waals surface area contributed by atoms with E-state index in [1.165, 1.54) is 0 Å². The molecule has 2 rings (SSSR count). The van der Waals surface area contributed by atoms with E-state index in [9.17, 15) is 5.11 Å². The van der Waals surface area contributed by atoms with Crippen LogP contribution in [0.1, 0.15) is 24.8 Å². The summed E-state index contributed by atoms with van der Waals surface area (Å²) in [4.78, 5) is 0. The predicted molar refractivity (Wildman–Crippen MR) is 68.6 cm³/mol. The van der Waals surface area contributed by atoms with Crippen molar-refractivity contribution >= 4 is 0 Å². The van der Waals surface area contributed by atoms with Gasteiger partial charge >= 0.3 is 0 Å². The molecule has 1 aliphatic carbocycles. The molecule has 1 aromatic carbocycles. The minimum atomic E-state index is -0.300. The molecule has 0 saturated heterocycles. The zero-order valence-electron chi connectivity index (χ0n) is 11.3. The van der Waals surface area contributed by atoms with E-state index in [0.717, 1.165) is 23.5 Å². The lowest BCUT2D eigenvalue weighted by Gasteiger charge is -2.15. The van der Waals surface area contributed by atoms with Gasteiger partial charge in [-0.25, -0.2) is 0 Å². The van der Waals surface area contributed by atoms with Gasteiger partial charge in [0, 0.05) is 17.7 Å². The van der Waals surface area contributed by atoms with Crippen LogP contribution in [0.25, 0.3) is 0 Å². The summed E-state index contributed by atoms with van der Waals surface area (Å²) >= 11 is 0. The molecule has 0 aromatic heterocycles. The minimum absolute atomic E-state index is 0.293. The van der Waals surface area contributed by atoms with Crippen LogP contribution in [0.5, 0.6) is 17.2 Å². The van der Waals surface area contributed by atoms with Gasteiger partial charge in [0.1, 0.15) is 17.2 Å². The van der Waals surface area contributed by atoms with Crippen molar-refractivity contribution in [2.24, 2.45) is 5.92 Å². The third kappa shape index (κ3) is 2.25. The van der Waals surface area contributed by atoms with Crippen molar-refractivity contribution in [3.05, 3.63) is 17.7 Å². The Bertz CT molecular complexity index is 403. The molecule has 0 radical (unpaired) electrons. The topological polar surface area (TPSA) is 47.9 Å². The Morgan fingerprint density at radius 1 is 1.11 bits per heavy atom. The standard InChI is InChI=1S/C14H20O4/c1-8(15)10-7-11(10)14-12(17-3)5-9(16-2)6-13(14)18-4/h5-6,8,10-11,15H,7H2,1-4H3/t8-,10-,11+/m0/s1. The number of hydrogen-bond acceptors (Lipinski definition) is 4. The molecule has 0 heterocycles. The molecule has 0 aliphatic heterocycles. The first-order valence-corrected chi connectivity index (χ1v) is 6.10. The fourth-order valence-corrected chi connectivity index (χ4v) is 2.48. The summed E-state index contributed by atoms with van der Waals surface area (Å²) in [5.74, 6) is 2.84. The second-order valence-corrected chi connectivity index (χ2v) is 4.69. The number of ether oxygens (including phenoxy) is 3. The lowest BCUT2D eigenvalue weighted by molar-refractivity contribution is 0.168. The van der Waals surface area contributed by atoms with Gasteiger partial charge in [-0.15, -0.1) is 0 Å². The van der Waals surface area contributed by atoms with Crippen LogP contribution in [0.3, 0.4) is 0 Å². The van der Waals surface area contributed by atoms with Crippen LogP contribution < -0.4 is 14.2 Å². The molecule has 4 heteroatoms. The predicted octanol–water partition coefficient (Wildman–Crippen LogP) is 2.20. The summed E-state index contributed by atoms with van der Waals surface area (Å²) in [6.07, 6.45) is 0.669. The summed E-state index contributed by atoms with van der Waals surface area (Å²) in [6, 6.07) is 3.71. The molecule has 1 N–H and O–H groups in total. The van der Waals surface area contributed by atoms with Crippen LogP contribution in [-0.4, -0.2) is 32.5 Å². The molecule has 100 valence electrons. The first-order valence-electron chi connectivity index (χ1n) is 6.10. The fraction of sp³-hybridized carbons (Fsp3) is 0.571. The SMILES string of the molecule is COc1cc(OC)c([C@@H]2C[C@H]2[C@H](C)O)c(OC)c1. The molecule has 0 spiro atoms. The second-order valence-electron chi connectivity index (χ2n) is 4.69. The maximum absolute atomic E-state index is 9.65. The van der Waals surface area contributed by atoms with Crippen molar-refractivity contribution in [3.8, 4) is 17.2 Å². The van der Waals surface area contributed by atoms with E-state index in [-0.39, 0.29) is 6.10 Å². The van der Waals surface area contributed by atoms with Gasteiger partial charge in [0.05, 0.1) is 27.4 Å². The Morgan fingerprint density at radius 2 is 1.67 bits per heavy atom. The van der Waals surface area contributed by atoms with Gasteiger partial charge in [-0.3, -0.25) is 0 Å². The average Bonchev–Trinajstić information content (AvgIpc) is 3.17.